The molecule has 0 atom stereocenters. The summed E-state index contributed by atoms with van der Waals surface area (Å²) in [6, 6.07) is 25.1. The van der Waals surface area contributed by atoms with Gasteiger partial charge in [-0.3, -0.25) is 14.6 Å². The highest BCUT2D eigenvalue weighted by molar-refractivity contribution is 6.34. The van der Waals surface area contributed by atoms with Crippen LogP contribution in [0.5, 0.6) is 0 Å². The number of rotatable bonds is 8. The smallest absolute Gasteiger partial charge is 0.272 e. The molecule has 9 nitrogen and oxygen atoms in total. The molecule has 0 fully saturated rings. The van der Waals surface area contributed by atoms with Crippen LogP contribution in [0.2, 0.25) is 5.02 Å². The van der Waals surface area contributed by atoms with E-state index in [1.54, 1.807) is 43.7 Å². The number of carbonyl (C=O) groups is 2. The zero-order valence-corrected chi connectivity index (χ0v) is 21.7. The van der Waals surface area contributed by atoms with Crippen molar-refractivity contribution in [2.75, 3.05) is 17.7 Å². The molecule has 194 valence electrons. The summed E-state index contributed by atoms with van der Waals surface area (Å²) < 4.78 is 1.51. The molecule has 0 saturated carbocycles. The number of hydrogen-bond donors (Lipinski definition) is 3. The maximum absolute atomic E-state index is 13.4. The van der Waals surface area contributed by atoms with Crippen molar-refractivity contribution in [2.24, 2.45) is 0 Å². The molecule has 39 heavy (non-hydrogen) atoms. The van der Waals surface area contributed by atoms with Crippen molar-refractivity contribution in [1.29, 1.82) is 0 Å². The summed E-state index contributed by atoms with van der Waals surface area (Å²) in [5.41, 5.74) is 3.35. The van der Waals surface area contributed by atoms with Crippen LogP contribution in [0.3, 0.4) is 0 Å². The molecular formula is C29H24ClN7O2. The Morgan fingerprint density at radius 2 is 1.77 bits per heavy atom. The Labute approximate surface area is 229 Å². The van der Waals surface area contributed by atoms with Crippen LogP contribution in [0, 0.1) is 0 Å². The van der Waals surface area contributed by atoms with Crippen LogP contribution in [0.1, 0.15) is 26.4 Å². The van der Waals surface area contributed by atoms with Gasteiger partial charge < -0.3 is 16.0 Å². The van der Waals surface area contributed by atoms with Crippen LogP contribution in [-0.2, 0) is 6.54 Å². The highest BCUT2D eigenvalue weighted by Crippen LogP contribution is 2.26. The number of para-hydroxylation sites is 1. The lowest BCUT2D eigenvalue weighted by Crippen LogP contribution is -2.23. The molecule has 5 rings (SSSR count). The topological polar surface area (TPSA) is 114 Å². The Morgan fingerprint density at radius 1 is 0.923 bits per heavy atom. The lowest BCUT2D eigenvalue weighted by atomic mass is 10.1. The molecule has 3 aromatic heterocycles. The molecule has 0 saturated heterocycles. The molecule has 0 aliphatic carbocycles. The zero-order valence-electron chi connectivity index (χ0n) is 20.9. The van der Waals surface area contributed by atoms with Crippen LogP contribution in [0.4, 0.5) is 11.6 Å². The summed E-state index contributed by atoms with van der Waals surface area (Å²) in [5.74, 6) is 0.176. The molecule has 3 N–H and O–H groups in total. The van der Waals surface area contributed by atoms with Crippen LogP contribution in [0.15, 0.2) is 97.3 Å². The van der Waals surface area contributed by atoms with E-state index < -0.39 is 5.91 Å². The van der Waals surface area contributed by atoms with Gasteiger partial charge in [0.1, 0.15) is 11.6 Å². The number of anilines is 2. The molecule has 0 radical (unpaired) electrons. The van der Waals surface area contributed by atoms with E-state index in [9.17, 15) is 9.59 Å². The van der Waals surface area contributed by atoms with Crippen molar-refractivity contribution in [2.45, 2.75) is 6.54 Å². The average molecular weight is 538 g/mol. The Kier molecular flexibility index (Phi) is 7.60. The van der Waals surface area contributed by atoms with E-state index in [2.05, 4.69) is 31.0 Å². The van der Waals surface area contributed by atoms with E-state index in [0.717, 1.165) is 11.1 Å². The Morgan fingerprint density at radius 3 is 2.54 bits per heavy atom. The van der Waals surface area contributed by atoms with Crippen molar-refractivity contribution in [1.82, 2.24) is 25.1 Å². The molecule has 0 aliphatic heterocycles. The largest absolute Gasteiger partial charge is 0.373 e. The summed E-state index contributed by atoms with van der Waals surface area (Å²) >= 11 is 6.43. The third kappa shape index (κ3) is 5.94. The SMILES string of the molecule is CNc1cccc(-c2ccc(Cl)c(C(=O)Nc3cc(C(=O)NCc4cccnc4)nn3-c3ccccc3)c2)n1. The molecule has 3 heterocycles. The Bertz CT molecular complexity index is 1620. The van der Waals surface area contributed by atoms with Gasteiger partial charge in [-0.25, -0.2) is 9.67 Å². The number of benzene rings is 2. The summed E-state index contributed by atoms with van der Waals surface area (Å²) in [4.78, 5) is 35.0. The second-order valence-corrected chi connectivity index (χ2v) is 8.92. The number of pyridine rings is 2. The van der Waals surface area contributed by atoms with Crippen LogP contribution in [0.25, 0.3) is 16.9 Å². The first-order valence-electron chi connectivity index (χ1n) is 12.1. The average Bonchev–Trinajstić information content (AvgIpc) is 3.41. The number of nitrogens with one attached hydrogen (secondary N) is 3. The minimum atomic E-state index is -0.453. The molecule has 0 bridgehead atoms. The maximum atomic E-state index is 13.4. The molecule has 2 amide bonds. The summed E-state index contributed by atoms with van der Waals surface area (Å²) in [6.07, 6.45) is 3.34. The minimum Gasteiger partial charge on any atom is -0.373 e. The molecule has 0 unspecified atom stereocenters. The lowest BCUT2D eigenvalue weighted by Gasteiger charge is -2.11. The fourth-order valence-corrected chi connectivity index (χ4v) is 4.10. The van der Waals surface area contributed by atoms with E-state index in [0.29, 0.717) is 23.0 Å². The van der Waals surface area contributed by atoms with Gasteiger partial charge in [-0.15, -0.1) is 0 Å². The van der Waals surface area contributed by atoms with Crippen molar-refractivity contribution in [3.8, 4) is 16.9 Å². The second kappa shape index (κ2) is 11.6. The van der Waals surface area contributed by atoms with E-state index in [1.165, 1.54) is 10.7 Å². The highest BCUT2D eigenvalue weighted by Gasteiger charge is 2.20. The monoisotopic (exact) mass is 537 g/mol. The van der Waals surface area contributed by atoms with Gasteiger partial charge in [-0.1, -0.05) is 48.0 Å². The van der Waals surface area contributed by atoms with Crippen LogP contribution >= 0.6 is 11.6 Å². The highest BCUT2D eigenvalue weighted by atomic mass is 35.5. The maximum Gasteiger partial charge on any atom is 0.272 e. The fraction of sp³-hybridized carbons (Fsp3) is 0.0690. The predicted octanol–water partition coefficient (Wildman–Crippen LogP) is 5.21. The molecule has 10 heteroatoms. The van der Waals surface area contributed by atoms with Gasteiger partial charge in [0.05, 0.1) is 22.0 Å². The number of aromatic nitrogens is 4. The number of nitrogens with zero attached hydrogens (tertiary/aromatic N) is 4. The van der Waals surface area contributed by atoms with Gasteiger partial charge >= 0.3 is 0 Å². The Balaban J connectivity index is 1.43. The van der Waals surface area contributed by atoms with E-state index in [4.69, 9.17) is 11.6 Å². The van der Waals surface area contributed by atoms with Gasteiger partial charge in [0, 0.05) is 37.6 Å². The molecule has 0 aliphatic rings. The molecule has 5 aromatic rings. The van der Waals surface area contributed by atoms with E-state index in [1.807, 2.05) is 54.6 Å². The molecule has 0 spiro atoms. The normalized spacial score (nSPS) is 10.6. The second-order valence-electron chi connectivity index (χ2n) is 8.51. The van der Waals surface area contributed by atoms with Gasteiger partial charge in [0.15, 0.2) is 5.69 Å². The third-order valence-electron chi connectivity index (χ3n) is 5.87. The van der Waals surface area contributed by atoms with Gasteiger partial charge in [0.25, 0.3) is 11.8 Å². The van der Waals surface area contributed by atoms with Gasteiger partial charge in [-0.2, -0.15) is 5.10 Å². The van der Waals surface area contributed by atoms with Crippen LogP contribution < -0.4 is 16.0 Å². The van der Waals surface area contributed by atoms with Gasteiger partial charge in [-0.05, 0) is 48.0 Å². The summed E-state index contributed by atoms with van der Waals surface area (Å²) in [7, 11) is 1.79. The minimum absolute atomic E-state index is 0.144. The Hall–Kier alpha value is -5.02. The zero-order chi connectivity index (χ0) is 27.2. The first kappa shape index (κ1) is 25.6. The lowest BCUT2D eigenvalue weighted by molar-refractivity contribution is 0.0944. The predicted molar refractivity (Wildman–Crippen MR) is 151 cm³/mol. The van der Waals surface area contributed by atoms with Crippen molar-refractivity contribution in [3.05, 3.63) is 119 Å². The van der Waals surface area contributed by atoms with Gasteiger partial charge in [0.2, 0.25) is 0 Å². The van der Waals surface area contributed by atoms with Crippen molar-refractivity contribution < 1.29 is 9.59 Å². The quantitative estimate of drug-likeness (QED) is 0.250. The standard InChI is InChI=1S/C29H24ClN7O2/c1-31-26-11-5-10-24(34-26)20-12-13-23(30)22(15-20)28(38)35-27-16-25(36-37(27)21-8-3-2-4-9-21)29(39)33-18-19-7-6-14-32-17-19/h2-17H,18H2,1H3,(H,31,34)(H,33,39)(H,35,38). The first-order valence-corrected chi connectivity index (χ1v) is 12.5. The number of carbonyl (C=O) groups excluding carboxylic acids is 2. The summed E-state index contributed by atoms with van der Waals surface area (Å²) in [5, 5.41) is 13.5. The molecular weight excluding hydrogens is 514 g/mol. The van der Waals surface area contributed by atoms with Crippen molar-refractivity contribution in [3.63, 3.8) is 0 Å². The van der Waals surface area contributed by atoms with E-state index >= 15 is 0 Å². The summed E-state index contributed by atoms with van der Waals surface area (Å²) in [6.45, 7) is 0.289. The third-order valence-corrected chi connectivity index (χ3v) is 6.20. The van der Waals surface area contributed by atoms with E-state index in [-0.39, 0.29) is 28.7 Å². The number of amides is 2. The molecule has 2 aromatic carbocycles. The first-order chi connectivity index (χ1) is 19.0. The van der Waals surface area contributed by atoms with Crippen LogP contribution in [-0.4, -0.2) is 38.6 Å². The number of halogens is 1. The van der Waals surface area contributed by atoms with Crippen molar-refractivity contribution >= 4 is 35.1 Å². The fourth-order valence-electron chi connectivity index (χ4n) is 3.90. The number of hydrogen-bond acceptors (Lipinski definition) is 6.